The Kier molecular flexibility index (Phi) is 2.65. The van der Waals surface area contributed by atoms with Gasteiger partial charge in [0, 0.05) is 12.0 Å². The average molecular weight is 313 g/mol. The Labute approximate surface area is 134 Å². The quantitative estimate of drug-likeness (QED) is 0.806. The van der Waals surface area contributed by atoms with Gasteiger partial charge in [-0.05, 0) is 31.9 Å². The molecule has 0 unspecified atom stereocenters. The lowest BCUT2D eigenvalue weighted by Gasteiger charge is -2.27. The van der Waals surface area contributed by atoms with E-state index in [0.29, 0.717) is 19.6 Å². The van der Waals surface area contributed by atoms with Crippen molar-refractivity contribution in [1.29, 1.82) is 0 Å². The third kappa shape index (κ3) is 1.70. The van der Waals surface area contributed by atoms with Gasteiger partial charge in [-0.25, -0.2) is 0 Å². The van der Waals surface area contributed by atoms with Crippen LogP contribution in [-0.2, 0) is 14.2 Å². The number of benzene rings is 1. The summed E-state index contributed by atoms with van der Waals surface area (Å²) >= 11 is 0. The Hall–Kier alpha value is -1.69. The summed E-state index contributed by atoms with van der Waals surface area (Å²) in [7, 11) is 0. The minimum absolute atomic E-state index is 0.0607. The fourth-order valence-electron chi connectivity index (χ4n) is 4.40. The third-order valence-electron chi connectivity index (χ3n) is 5.18. The van der Waals surface area contributed by atoms with Gasteiger partial charge in [-0.2, -0.15) is 0 Å². The van der Waals surface area contributed by atoms with Crippen LogP contribution in [0.5, 0.6) is 0 Å². The van der Waals surface area contributed by atoms with E-state index in [-0.39, 0.29) is 12.2 Å². The molecule has 0 amide bonds. The molecule has 2 atom stereocenters. The topological polar surface area (TPSA) is 53.7 Å². The molecule has 2 bridgehead atoms. The highest BCUT2D eigenvalue weighted by molar-refractivity contribution is 5.72. The van der Waals surface area contributed by atoms with Gasteiger partial charge in [0.1, 0.15) is 5.69 Å². The minimum atomic E-state index is -0.661. The van der Waals surface area contributed by atoms with Gasteiger partial charge in [-0.1, -0.05) is 22.9 Å². The molecule has 2 fully saturated rings. The number of nitrogens with zero attached hydrogens (tertiary/aromatic N) is 1. The van der Waals surface area contributed by atoms with Crippen LogP contribution in [0.1, 0.15) is 46.6 Å². The van der Waals surface area contributed by atoms with Gasteiger partial charge in [0.05, 0.1) is 24.9 Å². The third-order valence-corrected chi connectivity index (χ3v) is 5.18. The van der Waals surface area contributed by atoms with Crippen molar-refractivity contribution in [1.82, 2.24) is 5.16 Å². The van der Waals surface area contributed by atoms with Crippen LogP contribution < -0.4 is 0 Å². The number of aryl methyl sites for hydroxylation is 3. The summed E-state index contributed by atoms with van der Waals surface area (Å²) in [5, 5.41) is 4.39. The van der Waals surface area contributed by atoms with Crippen molar-refractivity contribution in [3.63, 3.8) is 0 Å². The van der Waals surface area contributed by atoms with Gasteiger partial charge >= 0.3 is 0 Å². The second kappa shape index (κ2) is 4.44. The summed E-state index contributed by atoms with van der Waals surface area (Å²) in [5.41, 5.74) is 6.83. The summed E-state index contributed by atoms with van der Waals surface area (Å²) in [6.07, 6.45) is 0.356. The highest BCUT2D eigenvalue weighted by atomic mass is 16.8. The van der Waals surface area contributed by atoms with E-state index in [1.54, 1.807) is 0 Å². The van der Waals surface area contributed by atoms with Gasteiger partial charge in [0.15, 0.2) is 11.9 Å². The molecule has 23 heavy (non-hydrogen) atoms. The molecule has 2 aromatic rings. The molecule has 0 aliphatic carbocycles. The Balaban J connectivity index is 1.64. The zero-order valence-electron chi connectivity index (χ0n) is 13.5. The maximum Gasteiger partial charge on any atom is 0.205 e. The van der Waals surface area contributed by atoms with Crippen LogP contribution in [0.15, 0.2) is 16.7 Å². The minimum Gasteiger partial charge on any atom is -0.357 e. The van der Waals surface area contributed by atoms with E-state index >= 15 is 0 Å². The van der Waals surface area contributed by atoms with Crippen LogP contribution in [0.4, 0.5) is 0 Å². The smallest absolute Gasteiger partial charge is 0.205 e. The molecule has 4 heterocycles. The molecular weight excluding hydrogens is 294 g/mol. The highest BCUT2D eigenvalue weighted by Crippen LogP contribution is 2.61. The van der Waals surface area contributed by atoms with E-state index < -0.39 is 5.79 Å². The SMILES string of the molecule is Cc1cc(C)c(-c2noc3c2[C@H]2CC4(OCCO4)[C@@H]3O2)c(C)c1. The number of ether oxygens (including phenoxy) is 3. The highest BCUT2D eigenvalue weighted by Gasteiger charge is 2.62. The molecule has 3 aliphatic heterocycles. The lowest BCUT2D eigenvalue weighted by atomic mass is 9.87. The number of fused-ring (bicyclic) bond motifs is 6. The largest absolute Gasteiger partial charge is 0.357 e. The molecule has 2 saturated heterocycles. The van der Waals surface area contributed by atoms with E-state index in [1.807, 2.05) is 0 Å². The molecule has 120 valence electrons. The van der Waals surface area contributed by atoms with E-state index in [4.69, 9.17) is 18.7 Å². The number of hydrogen-bond donors (Lipinski definition) is 0. The first-order valence-corrected chi connectivity index (χ1v) is 8.10. The molecule has 0 radical (unpaired) electrons. The monoisotopic (exact) mass is 313 g/mol. The Bertz CT molecular complexity index is 780. The molecular formula is C18H19NO4. The van der Waals surface area contributed by atoms with Crippen LogP contribution in [-0.4, -0.2) is 24.2 Å². The summed E-state index contributed by atoms with van der Waals surface area (Å²) in [6.45, 7) is 7.57. The second-order valence-corrected chi connectivity index (χ2v) is 6.80. The fraction of sp³-hybridized carbons (Fsp3) is 0.500. The molecule has 5 nitrogen and oxygen atoms in total. The average Bonchev–Trinajstić information content (AvgIpc) is 3.22. The molecule has 1 aromatic heterocycles. The molecule has 0 N–H and O–H groups in total. The van der Waals surface area contributed by atoms with Crippen molar-refractivity contribution in [2.45, 2.75) is 45.2 Å². The van der Waals surface area contributed by atoms with E-state index in [2.05, 4.69) is 38.1 Å². The molecule has 0 saturated carbocycles. The predicted octanol–water partition coefficient (Wildman–Crippen LogP) is 3.53. The maximum atomic E-state index is 6.10. The number of hydrogen-bond acceptors (Lipinski definition) is 5. The first kappa shape index (κ1) is 13.7. The van der Waals surface area contributed by atoms with Gasteiger partial charge in [-0.15, -0.1) is 0 Å². The predicted molar refractivity (Wildman–Crippen MR) is 82.0 cm³/mol. The van der Waals surface area contributed by atoms with Crippen LogP contribution in [0, 0.1) is 20.8 Å². The first-order valence-electron chi connectivity index (χ1n) is 8.10. The Morgan fingerprint density at radius 1 is 1.09 bits per heavy atom. The molecule has 3 aliphatic rings. The van der Waals surface area contributed by atoms with Crippen LogP contribution >= 0.6 is 0 Å². The van der Waals surface area contributed by atoms with E-state index in [0.717, 1.165) is 22.6 Å². The lowest BCUT2D eigenvalue weighted by molar-refractivity contribution is -0.195. The van der Waals surface area contributed by atoms with Crippen LogP contribution in [0.3, 0.4) is 0 Å². The second-order valence-electron chi connectivity index (χ2n) is 6.80. The van der Waals surface area contributed by atoms with Crippen molar-refractivity contribution in [2.75, 3.05) is 13.2 Å². The van der Waals surface area contributed by atoms with Crippen LogP contribution in [0.25, 0.3) is 11.3 Å². The first-order chi connectivity index (χ1) is 11.1. The summed E-state index contributed by atoms with van der Waals surface area (Å²) in [4.78, 5) is 0. The van der Waals surface area contributed by atoms with Crippen molar-refractivity contribution in [3.8, 4) is 11.3 Å². The number of aromatic nitrogens is 1. The van der Waals surface area contributed by atoms with E-state index in [1.165, 1.54) is 16.7 Å². The zero-order valence-corrected chi connectivity index (χ0v) is 13.5. The van der Waals surface area contributed by atoms with Crippen molar-refractivity contribution in [3.05, 3.63) is 40.1 Å². The van der Waals surface area contributed by atoms with Crippen molar-refractivity contribution >= 4 is 0 Å². The van der Waals surface area contributed by atoms with Gasteiger partial charge in [-0.3, -0.25) is 0 Å². The van der Waals surface area contributed by atoms with Gasteiger partial charge in [0.25, 0.3) is 0 Å². The zero-order chi connectivity index (χ0) is 15.8. The van der Waals surface area contributed by atoms with E-state index in [9.17, 15) is 0 Å². The summed E-state index contributed by atoms with van der Waals surface area (Å²) in [5.74, 6) is 0.115. The maximum absolute atomic E-state index is 6.10. The lowest BCUT2D eigenvalue weighted by Crippen LogP contribution is -2.35. The van der Waals surface area contributed by atoms with Gasteiger partial charge in [0.2, 0.25) is 5.79 Å². The molecule has 5 rings (SSSR count). The normalized spacial score (nSPS) is 27.1. The molecule has 1 spiro atoms. The summed E-state index contributed by atoms with van der Waals surface area (Å²) < 4.78 is 23.5. The summed E-state index contributed by atoms with van der Waals surface area (Å²) in [6, 6.07) is 4.37. The number of rotatable bonds is 1. The van der Waals surface area contributed by atoms with Crippen molar-refractivity contribution < 1.29 is 18.7 Å². The fourth-order valence-corrected chi connectivity index (χ4v) is 4.40. The molecule has 5 heteroatoms. The van der Waals surface area contributed by atoms with Crippen LogP contribution in [0.2, 0.25) is 0 Å². The van der Waals surface area contributed by atoms with Gasteiger partial charge < -0.3 is 18.7 Å². The Morgan fingerprint density at radius 3 is 2.48 bits per heavy atom. The Morgan fingerprint density at radius 2 is 1.78 bits per heavy atom. The van der Waals surface area contributed by atoms with Crippen molar-refractivity contribution in [2.24, 2.45) is 0 Å². The standard InChI is InChI=1S/C18H19NO4/c1-9-6-10(2)13(11(3)7-9)15-14-12-8-18(20-4-5-21-18)17(22-12)16(14)23-19-15/h6-7,12,17H,4-5,8H2,1-3H3/t12-,17-/m1/s1. The molecule has 1 aromatic carbocycles.